The largest absolute Gasteiger partial charge is 0.481 e. The number of nitrogens with one attached hydrogen (secondary N) is 1. The summed E-state index contributed by atoms with van der Waals surface area (Å²) < 4.78 is 5.71. The summed E-state index contributed by atoms with van der Waals surface area (Å²) >= 11 is 0. The van der Waals surface area contributed by atoms with E-state index in [1.807, 2.05) is 11.9 Å². The molecule has 0 aromatic heterocycles. The van der Waals surface area contributed by atoms with Crippen LogP contribution in [0.25, 0.3) is 0 Å². The molecule has 11 heteroatoms. The topological polar surface area (TPSA) is 130 Å². The van der Waals surface area contributed by atoms with Crippen molar-refractivity contribution in [1.29, 1.82) is 5.41 Å². The first-order valence-electron chi connectivity index (χ1n) is 10.8. The summed E-state index contributed by atoms with van der Waals surface area (Å²) in [4.78, 5) is 33.4. The molecule has 0 aromatic rings. The van der Waals surface area contributed by atoms with Crippen LogP contribution in [0.15, 0.2) is 0 Å². The van der Waals surface area contributed by atoms with Crippen molar-refractivity contribution in [3.05, 3.63) is 0 Å². The zero-order valence-corrected chi connectivity index (χ0v) is 17.8. The molecule has 4 N–H and O–H groups in total. The van der Waals surface area contributed by atoms with Gasteiger partial charge in [0.25, 0.3) is 0 Å². The van der Waals surface area contributed by atoms with Crippen molar-refractivity contribution in [3.8, 4) is 0 Å². The number of ether oxygens (including phenoxy) is 1. The summed E-state index contributed by atoms with van der Waals surface area (Å²) in [6, 6.07) is 0.0156. The fraction of sp³-hybridized carbons (Fsp3) is 0.842. The zero-order chi connectivity index (χ0) is 21.7. The number of carboxylic acid groups (broad SMARTS) is 1. The lowest BCUT2D eigenvalue weighted by Gasteiger charge is -2.39. The molecule has 30 heavy (non-hydrogen) atoms. The Morgan fingerprint density at radius 2 is 1.70 bits per heavy atom. The van der Waals surface area contributed by atoms with E-state index in [1.165, 1.54) is 0 Å². The third-order valence-corrected chi connectivity index (χ3v) is 6.42. The van der Waals surface area contributed by atoms with Gasteiger partial charge in [-0.25, -0.2) is 4.79 Å². The van der Waals surface area contributed by atoms with Gasteiger partial charge in [0, 0.05) is 72.4 Å². The van der Waals surface area contributed by atoms with Crippen LogP contribution in [0, 0.1) is 5.41 Å². The molecular formula is C19H35N7O4. The van der Waals surface area contributed by atoms with Crippen molar-refractivity contribution < 1.29 is 19.4 Å². The highest BCUT2D eigenvalue weighted by molar-refractivity contribution is 5.74. The van der Waals surface area contributed by atoms with E-state index in [1.54, 1.807) is 4.90 Å². The van der Waals surface area contributed by atoms with E-state index >= 15 is 0 Å². The number of piperazine rings is 2. The Morgan fingerprint density at radius 1 is 1.10 bits per heavy atom. The van der Waals surface area contributed by atoms with Crippen LogP contribution in [0.2, 0.25) is 0 Å². The first-order valence-corrected chi connectivity index (χ1v) is 10.8. The Morgan fingerprint density at radius 3 is 2.30 bits per heavy atom. The minimum Gasteiger partial charge on any atom is -0.481 e. The number of carbonyl (C=O) groups is 2. The van der Waals surface area contributed by atoms with Crippen molar-refractivity contribution in [2.75, 3.05) is 72.5 Å². The highest BCUT2D eigenvalue weighted by Gasteiger charge is 2.43. The molecule has 0 bridgehead atoms. The van der Waals surface area contributed by atoms with Gasteiger partial charge in [-0.2, -0.15) is 0 Å². The van der Waals surface area contributed by atoms with Crippen LogP contribution in [0.3, 0.4) is 0 Å². The van der Waals surface area contributed by atoms with Gasteiger partial charge in [0.1, 0.15) is 0 Å². The lowest BCUT2D eigenvalue weighted by molar-refractivity contribution is -0.137. The number of hydrogen-bond acceptors (Lipinski definition) is 7. The number of likely N-dealkylation sites (N-methyl/N-ethyl adjacent to an activating group) is 1. The van der Waals surface area contributed by atoms with Gasteiger partial charge >= 0.3 is 12.1 Å². The number of amides is 1. The fourth-order valence-corrected chi connectivity index (χ4v) is 4.47. The standard InChI is InChI=1S/C19H35N7O4/c1-22-15(4-6-24-9-13-26(14-10-24)18(20)21)17(30-19(22)29)25-11-7-23(8-12-25)5-2-3-16(27)28/h15,17H,2-14H2,1H3,(H3,20,21)(H,27,28). The van der Waals surface area contributed by atoms with E-state index in [2.05, 4.69) is 14.7 Å². The zero-order valence-electron chi connectivity index (χ0n) is 17.8. The number of guanidine groups is 1. The van der Waals surface area contributed by atoms with Gasteiger partial charge in [-0.05, 0) is 19.4 Å². The lowest BCUT2D eigenvalue weighted by Crippen LogP contribution is -2.55. The summed E-state index contributed by atoms with van der Waals surface area (Å²) in [6.45, 7) is 8.27. The summed E-state index contributed by atoms with van der Waals surface area (Å²) in [5.41, 5.74) is 5.57. The predicted octanol–water partition coefficient (Wildman–Crippen LogP) is -0.853. The van der Waals surface area contributed by atoms with Gasteiger partial charge in [0.2, 0.25) is 0 Å². The van der Waals surface area contributed by atoms with Crippen LogP contribution < -0.4 is 5.73 Å². The Hall–Kier alpha value is -2.11. The molecule has 0 radical (unpaired) electrons. The number of nitrogens with zero attached hydrogens (tertiary/aromatic N) is 5. The van der Waals surface area contributed by atoms with Crippen molar-refractivity contribution in [2.45, 2.75) is 31.5 Å². The molecule has 3 fully saturated rings. The molecule has 0 aliphatic carbocycles. The Kier molecular flexibility index (Phi) is 7.73. The first kappa shape index (κ1) is 22.6. The van der Waals surface area contributed by atoms with Gasteiger partial charge in [0.05, 0.1) is 6.04 Å². The Balaban J connectivity index is 1.46. The molecule has 0 saturated carbocycles. The summed E-state index contributed by atoms with van der Waals surface area (Å²) in [5.74, 6) is -0.619. The van der Waals surface area contributed by atoms with Crippen LogP contribution in [-0.2, 0) is 9.53 Å². The molecule has 0 spiro atoms. The maximum atomic E-state index is 12.2. The molecule has 3 heterocycles. The number of nitrogens with two attached hydrogens (primary N) is 1. The molecule has 3 rings (SSSR count). The smallest absolute Gasteiger partial charge is 0.411 e. The molecule has 2 atom stereocenters. The van der Waals surface area contributed by atoms with Crippen molar-refractivity contribution in [3.63, 3.8) is 0 Å². The molecule has 3 aliphatic rings. The van der Waals surface area contributed by atoms with Crippen LogP contribution in [0.5, 0.6) is 0 Å². The number of aliphatic carboxylic acids is 1. The second-order valence-corrected chi connectivity index (χ2v) is 8.33. The SMILES string of the molecule is CN1C(=O)OC(N2CCN(CCCC(=O)O)CC2)C1CCN1CCN(C(=N)N)CC1. The lowest BCUT2D eigenvalue weighted by atomic mass is 10.1. The Bertz CT molecular complexity index is 618. The molecular weight excluding hydrogens is 390 g/mol. The van der Waals surface area contributed by atoms with Gasteiger partial charge in [-0.3, -0.25) is 20.0 Å². The van der Waals surface area contributed by atoms with Gasteiger partial charge in [-0.15, -0.1) is 0 Å². The minimum absolute atomic E-state index is 0.0156. The van der Waals surface area contributed by atoms with Gasteiger partial charge < -0.3 is 30.3 Å². The normalized spacial score (nSPS) is 26.8. The van der Waals surface area contributed by atoms with E-state index in [0.29, 0.717) is 6.42 Å². The highest BCUT2D eigenvalue weighted by atomic mass is 16.6. The number of rotatable bonds is 8. The average Bonchev–Trinajstić information content (AvgIpc) is 3.01. The van der Waals surface area contributed by atoms with Gasteiger partial charge in [0.15, 0.2) is 12.2 Å². The van der Waals surface area contributed by atoms with E-state index in [4.69, 9.17) is 21.0 Å². The van der Waals surface area contributed by atoms with Crippen molar-refractivity contribution >= 4 is 18.0 Å². The summed E-state index contributed by atoms with van der Waals surface area (Å²) in [7, 11) is 1.81. The molecule has 1 amide bonds. The van der Waals surface area contributed by atoms with Crippen LogP contribution in [0.4, 0.5) is 4.79 Å². The van der Waals surface area contributed by atoms with Crippen LogP contribution in [0.1, 0.15) is 19.3 Å². The third-order valence-electron chi connectivity index (χ3n) is 6.42. The van der Waals surface area contributed by atoms with Crippen molar-refractivity contribution in [2.24, 2.45) is 5.73 Å². The maximum Gasteiger partial charge on any atom is 0.411 e. The molecule has 11 nitrogen and oxygen atoms in total. The Labute approximate surface area is 177 Å². The first-order chi connectivity index (χ1) is 14.3. The molecule has 3 aliphatic heterocycles. The maximum absolute atomic E-state index is 12.2. The molecule has 0 aromatic carbocycles. The third kappa shape index (κ3) is 5.73. The second kappa shape index (κ2) is 10.3. The average molecular weight is 426 g/mol. The van der Waals surface area contributed by atoms with Crippen LogP contribution >= 0.6 is 0 Å². The molecule has 3 saturated heterocycles. The van der Waals surface area contributed by atoms with E-state index in [9.17, 15) is 9.59 Å². The monoisotopic (exact) mass is 425 g/mol. The summed E-state index contributed by atoms with van der Waals surface area (Å²) in [5, 5.41) is 16.3. The number of hydrogen-bond donors (Lipinski definition) is 3. The van der Waals surface area contributed by atoms with E-state index in [-0.39, 0.29) is 30.7 Å². The summed E-state index contributed by atoms with van der Waals surface area (Å²) in [6.07, 6.45) is 1.20. The predicted molar refractivity (Wildman–Crippen MR) is 111 cm³/mol. The van der Waals surface area contributed by atoms with Crippen molar-refractivity contribution in [1.82, 2.24) is 24.5 Å². The minimum atomic E-state index is -0.750. The van der Waals surface area contributed by atoms with Gasteiger partial charge in [-0.1, -0.05) is 0 Å². The highest BCUT2D eigenvalue weighted by Crippen LogP contribution is 2.25. The molecule has 170 valence electrons. The van der Waals surface area contributed by atoms with E-state index in [0.717, 1.165) is 71.9 Å². The fourth-order valence-electron chi connectivity index (χ4n) is 4.47. The molecule has 2 unspecified atom stereocenters. The van der Waals surface area contributed by atoms with E-state index < -0.39 is 5.97 Å². The number of carboxylic acids is 1. The second-order valence-electron chi connectivity index (χ2n) is 8.33. The quantitative estimate of drug-likeness (QED) is 0.336. The number of cyclic esters (lactones) is 1. The van der Waals surface area contributed by atoms with Crippen LogP contribution in [-0.4, -0.2) is 132 Å². The number of carbonyl (C=O) groups excluding carboxylic acids is 1.